The second-order valence-corrected chi connectivity index (χ2v) is 4.20. The summed E-state index contributed by atoms with van der Waals surface area (Å²) in [5, 5.41) is 17.9. The number of aliphatic hydroxyl groups excluding tert-OH is 1. The highest BCUT2D eigenvalue weighted by molar-refractivity contribution is 6.13. The maximum absolute atomic E-state index is 11.8. The molecule has 1 aromatic carbocycles. The van der Waals surface area contributed by atoms with E-state index in [1.807, 2.05) is 6.92 Å². The van der Waals surface area contributed by atoms with Crippen molar-refractivity contribution in [1.29, 1.82) is 0 Å². The third kappa shape index (κ3) is 3.48. The lowest BCUT2D eigenvalue weighted by Crippen LogP contribution is -2.30. The van der Waals surface area contributed by atoms with Crippen LogP contribution in [0.3, 0.4) is 0 Å². The molecule has 102 valence electrons. The summed E-state index contributed by atoms with van der Waals surface area (Å²) in [7, 11) is 0. The van der Waals surface area contributed by atoms with Crippen molar-refractivity contribution in [3.63, 3.8) is 0 Å². The number of aliphatic carboxylic acids is 1. The van der Waals surface area contributed by atoms with E-state index in [1.165, 1.54) is 6.07 Å². The van der Waals surface area contributed by atoms with Crippen LogP contribution in [0.2, 0.25) is 0 Å². The minimum absolute atomic E-state index is 0.0431. The zero-order valence-corrected chi connectivity index (χ0v) is 10.6. The highest BCUT2D eigenvalue weighted by atomic mass is 16.4. The van der Waals surface area contributed by atoms with Crippen molar-refractivity contribution in [3.05, 3.63) is 34.9 Å². The van der Waals surface area contributed by atoms with Crippen LogP contribution < -0.4 is 0 Å². The van der Waals surface area contributed by atoms with Gasteiger partial charge in [-0.2, -0.15) is 0 Å². The molecule has 0 spiro atoms. The van der Waals surface area contributed by atoms with Gasteiger partial charge in [-0.1, -0.05) is 31.5 Å². The van der Waals surface area contributed by atoms with Gasteiger partial charge in [0, 0.05) is 11.1 Å². The first-order valence-electron chi connectivity index (χ1n) is 6.05. The number of hydrogen-bond donors (Lipinski definition) is 2. The molecule has 19 heavy (non-hydrogen) atoms. The Hall–Kier alpha value is -2.01. The van der Waals surface area contributed by atoms with Gasteiger partial charge in [-0.05, 0) is 18.4 Å². The Labute approximate surface area is 110 Å². The topological polar surface area (TPSA) is 91.7 Å². The molecule has 1 atom stereocenters. The van der Waals surface area contributed by atoms with E-state index >= 15 is 0 Å². The number of aryl methyl sites for hydroxylation is 1. The van der Waals surface area contributed by atoms with E-state index in [0.717, 1.165) is 12.8 Å². The van der Waals surface area contributed by atoms with Crippen molar-refractivity contribution in [3.8, 4) is 0 Å². The molecular weight excluding hydrogens is 248 g/mol. The van der Waals surface area contributed by atoms with Gasteiger partial charge in [-0.3, -0.25) is 9.59 Å². The summed E-state index contributed by atoms with van der Waals surface area (Å²) in [6.07, 6.45) is 0.829. The molecule has 0 aliphatic rings. The van der Waals surface area contributed by atoms with Crippen molar-refractivity contribution >= 4 is 18.0 Å². The molecule has 0 aromatic heterocycles. The van der Waals surface area contributed by atoms with Gasteiger partial charge in [-0.25, -0.2) is 4.79 Å². The second kappa shape index (κ2) is 6.80. The molecule has 1 unspecified atom stereocenters. The molecule has 0 saturated carbocycles. The van der Waals surface area contributed by atoms with Gasteiger partial charge >= 0.3 is 5.97 Å². The minimum atomic E-state index is -2.14. The maximum Gasteiger partial charge on any atom is 0.340 e. The highest BCUT2D eigenvalue weighted by Crippen LogP contribution is 2.17. The summed E-state index contributed by atoms with van der Waals surface area (Å²) in [5.41, 5.74) is 0.819. The Morgan fingerprint density at radius 3 is 2.58 bits per heavy atom. The van der Waals surface area contributed by atoms with E-state index in [-0.39, 0.29) is 11.1 Å². The second-order valence-electron chi connectivity index (χ2n) is 4.20. The molecule has 0 aliphatic heterocycles. The average molecular weight is 264 g/mol. The Morgan fingerprint density at radius 1 is 1.37 bits per heavy atom. The van der Waals surface area contributed by atoms with Gasteiger partial charge in [0.15, 0.2) is 6.29 Å². The van der Waals surface area contributed by atoms with Crippen LogP contribution in [0.15, 0.2) is 18.2 Å². The van der Waals surface area contributed by atoms with Crippen LogP contribution >= 0.6 is 0 Å². The van der Waals surface area contributed by atoms with E-state index in [0.29, 0.717) is 18.3 Å². The average Bonchev–Trinajstić information content (AvgIpc) is 2.42. The Morgan fingerprint density at radius 2 is 2.05 bits per heavy atom. The molecule has 5 heteroatoms. The van der Waals surface area contributed by atoms with E-state index in [9.17, 15) is 19.5 Å². The molecular formula is C14H16O5. The smallest absolute Gasteiger partial charge is 0.340 e. The number of hydrogen-bond acceptors (Lipinski definition) is 4. The Balaban J connectivity index is 3.17. The predicted octanol–water partition coefficient (Wildman–Crippen LogP) is 1.47. The van der Waals surface area contributed by atoms with E-state index in [4.69, 9.17) is 5.11 Å². The van der Waals surface area contributed by atoms with Crippen LogP contribution in [0.25, 0.3) is 0 Å². The Kier molecular flexibility index (Phi) is 5.38. The lowest BCUT2D eigenvalue weighted by atomic mass is 9.94. The van der Waals surface area contributed by atoms with E-state index in [1.54, 1.807) is 12.1 Å². The summed E-state index contributed by atoms with van der Waals surface area (Å²) < 4.78 is 0. The predicted molar refractivity (Wildman–Crippen MR) is 68.4 cm³/mol. The molecule has 0 heterocycles. The van der Waals surface area contributed by atoms with Crippen molar-refractivity contribution < 1.29 is 24.6 Å². The molecule has 1 rings (SSSR count). The highest BCUT2D eigenvalue weighted by Gasteiger charge is 2.26. The minimum Gasteiger partial charge on any atom is -0.479 e. The standard InChI is InChI=1S/C14H16O5/c1-2-3-5-9-6-4-7-10(11(9)8-15)12(16)13(17)14(18)19/h4,6-8,13,17H,2-3,5H2,1H3,(H,18,19). The van der Waals surface area contributed by atoms with Crippen molar-refractivity contribution in [2.24, 2.45) is 0 Å². The summed E-state index contributed by atoms with van der Waals surface area (Å²) in [5.74, 6) is -2.59. The Bertz CT molecular complexity index is 493. The fourth-order valence-corrected chi connectivity index (χ4v) is 1.81. The molecule has 0 radical (unpaired) electrons. The van der Waals surface area contributed by atoms with Gasteiger partial charge in [-0.15, -0.1) is 0 Å². The number of carbonyl (C=O) groups is 3. The quantitative estimate of drug-likeness (QED) is 0.442. The molecule has 5 nitrogen and oxygen atoms in total. The maximum atomic E-state index is 11.8. The normalized spacial score (nSPS) is 11.9. The first-order chi connectivity index (χ1) is 9.02. The number of ketones is 1. The monoisotopic (exact) mass is 264 g/mol. The number of carboxylic acid groups (broad SMARTS) is 1. The summed E-state index contributed by atoms with van der Waals surface area (Å²) in [6, 6.07) is 4.66. The number of rotatable bonds is 7. The molecule has 0 saturated heterocycles. The van der Waals surface area contributed by atoms with Crippen LogP contribution in [-0.2, 0) is 11.2 Å². The molecule has 2 N–H and O–H groups in total. The van der Waals surface area contributed by atoms with Crippen molar-refractivity contribution in [1.82, 2.24) is 0 Å². The third-order valence-corrected chi connectivity index (χ3v) is 2.86. The number of Topliss-reactive ketones (excluding diaryl/α,β-unsaturated/α-hetero) is 1. The number of aliphatic hydroxyl groups is 1. The number of benzene rings is 1. The van der Waals surface area contributed by atoms with Gasteiger partial charge < -0.3 is 10.2 Å². The van der Waals surface area contributed by atoms with Gasteiger partial charge in [0.2, 0.25) is 11.9 Å². The van der Waals surface area contributed by atoms with Gasteiger partial charge in [0.05, 0.1) is 0 Å². The first-order valence-corrected chi connectivity index (χ1v) is 6.05. The van der Waals surface area contributed by atoms with Gasteiger partial charge in [0.25, 0.3) is 0 Å². The van der Waals surface area contributed by atoms with Crippen LogP contribution in [0.5, 0.6) is 0 Å². The third-order valence-electron chi connectivity index (χ3n) is 2.86. The summed E-state index contributed by atoms with van der Waals surface area (Å²) in [4.78, 5) is 33.5. The lowest BCUT2D eigenvalue weighted by molar-refractivity contribution is -0.143. The lowest BCUT2D eigenvalue weighted by Gasteiger charge is -2.10. The summed E-state index contributed by atoms with van der Waals surface area (Å²) >= 11 is 0. The van der Waals surface area contributed by atoms with Crippen LogP contribution in [-0.4, -0.2) is 34.4 Å². The SMILES string of the molecule is CCCCc1cccc(C(=O)C(O)C(=O)O)c1C=O. The van der Waals surface area contributed by atoms with Crippen LogP contribution in [0.4, 0.5) is 0 Å². The summed E-state index contributed by atoms with van der Waals surface area (Å²) in [6.45, 7) is 2.00. The fraction of sp³-hybridized carbons (Fsp3) is 0.357. The van der Waals surface area contributed by atoms with E-state index < -0.39 is 17.9 Å². The number of aldehydes is 1. The van der Waals surface area contributed by atoms with Crippen LogP contribution in [0, 0.1) is 0 Å². The molecule has 1 aromatic rings. The van der Waals surface area contributed by atoms with Gasteiger partial charge in [0.1, 0.15) is 0 Å². The number of carbonyl (C=O) groups excluding carboxylic acids is 2. The molecule has 0 aliphatic carbocycles. The zero-order valence-electron chi connectivity index (χ0n) is 10.6. The molecule has 0 fully saturated rings. The van der Waals surface area contributed by atoms with Crippen molar-refractivity contribution in [2.75, 3.05) is 0 Å². The number of unbranched alkanes of at least 4 members (excludes halogenated alkanes) is 1. The molecule has 0 bridgehead atoms. The first kappa shape index (κ1) is 15.0. The largest absolute Gasteiger partial charge is 0.479 e. The zero-order chi connectivity index (χ0) is 14.4. The number of carboxylic acids is 1. The van der Waals surface area contributed by atoms with E-state index in [2.05, 4.69) is 0 Å². The molecule has 0 amide bonds. The van der Waals surface area contributed by atoms with Crippen molar-refractivity contribution in [2.45, 2.75) is 32.3 Å². The van der Waals surface area contributed by atoms with Crippen LogP contribution in [0.1, 0.15) is 46.0 Å². The fourth-order valence-electron chi connectivity index (χ4n) is 1.81.